The van der Waals surface area contributed by atoms with Crippen LogP contribution < -0.4 is 0 Å². The van der Waals surface area contributed by atoms with Crippen LogP contribution in [0.5, 0.6) is 0 Å². The molecule has 1 aromatic rings. The van der Waals surface area contributed by atoms with E-state index in [1.165, 1.54) is 18.4 Å². The molecule has 2 heterocycles. The number of hydrogen-bond donors (Lipinski definition) is 0. The molecule has 0 aromatic carbocycles. The number of ether oxygens (including phenoxy) is 1. The average Bonchev–Trinajstić information content (AvgIpc) is 2.28. The molecule has 1 fully saturated rings. The third-order valence-electron chi connectivity index (χ3n) is 2.42. The van der Waals surface area contributed by atoms with Crippen molar-refractivity contribution in [2.75, 3.05) is 13.2 Å². The van der Waals surface area contributed by atoms with Crippen LogP contribution in [0.25, 0.3) is 0 Å². The summed E-state index contributed by atoms with van der Waals surface area (Å²) in [6.45, 7) is 1.85. The van der Waals surface area contributed by atoms with Crippen LogP contribution in [0.15, 0.2) is 22.9 Å². The predicted octanol–water partition coefficient (Wildman–Crippen LogP) is 3.26. The highest BCUT2D eigenvalue weighted by Gasteiger charge is 2.13. The van der Waals surface area contributed by atoms with Crippen molar-refractivity contribution in [2.45, 2.75) is 23.8 Å². The third kappa shape index (κ3) is 3.78. The Morgan fingerprint density at radius 2 is 2.20 bits per heavy atom. The van der Waals surface area contributed by atoms with Crippen molar-refractivity contribution in [3.05, 3.63) is 28.5 Å². The first kappa shape index (κ1) is 11.4. The average molecular weight is 288 g/mol. The number of pyridine rings is 1. The highest BCUT2D eigenvalue weighted by atomic mass is 79.9. The number of hydrogen-bond acceptors (Lipinski definition) is 3. The largest absolute Gasteiger partial charge is 0.381 e. The molecule has 2 nitrogen and oxygen atoms in total. The molecule has 0 radical (unpaired) electrons. The molecule has 0 N–H and O–H groups in total. The first-order valence-corrected chi connectivity index (χ1v) is 6.97. The fourth-order valence-corrected chi connectivity index (χ4v) is 3.12. The Balaban J connectivity index is 1.81. The molecule has 1 saturated heterocycles. The van der Waals surface area contributed by atoms with E-state index in [9.17, 15) is 0 Å². The molecule has 15 heavy (non-hydrogen) atoms. The zero-order valence-corrected chi connectivity index (χ0v) is 10.9. The second-order valence-corrected chi connectivity index (χ2v) is 5.84. The van der Waals surface area contributed by atoms with E-state index in [0.717, 1.165) is 28.7 Å². The summed E-state index contributed by atoms with van der Waals surface area (Å²) < 4.78 is 6.40. The van der Waals surface area contributed by atoms with E-state index in [2.05, 4.69) is 27.0 Å². The van der Waals surface area contributed by atoms with E-state index in [-0.39, 0.29) is 0 Å². The lowest BCUT2D eigenvalue weighted by Crippen LogP contribution is -2.17. The van der Waals surface area contributed by atoms with Gasteiger partial charge in [-0.1, -0.05) is 0 Å². The minimum atomic E-state index is 0.762. The van der Waals surface area contributed by atoms with Crippen LogP contribution in [-0.2, 0) is 10.5 Å². The smallest absolute Gasteiger partial charge is 0.0476 e. The van der Waals surface area contributed by atoms with Gasteiger partial charge in [0, 0.05) is 41.1 Å². The monoisotopic (exact) mass is 287 g/mol. The fourth-order valence-electron chi connectivity index (χ4n) is 1.59. The maximum atomic E-state index is 5.34. The molecule has 0 bridgehead atoms. The van der Waals surface area contributed by atoms with Crippen LogP contribution in [-0.4, -0.2) is 23.4 Å². The van der Waals surface area contributed by atoms with Crippen LogP contribution in [0.3, 0.4) is 0 Å². The van der Waals surface area contributed by atoms with Crippen LogP contribution >= 0.6 is 27.7 Å². The van der Waals surface area contributed by atoms with Gasteiger partial charge in [0.1, 0.15) is 0 Å². The molecule has 1 aliphatic rings. The van der Waals surface area contributed by atoms with Gasteiger partial charge in [-0.25, -0.2) is 0 Å². The lowest BCUT2D eigenvalue weighted by Gasteiger charge is -2.21. The molecule has 1 aliphatic heterocycles. The minimum absolute atomic E-state index is 0.762. The summed E-state index contributed by atoms with van der Waals surface area (Å²) in [6.07, 6.45) is 6.14. The second-order valence-electron chi connectivity index (χ2n) is 3.63. The van der Waals surface area contributed by atoms with Gasteiger partial charge >= 0.3 is 0 Å². The van der Waals surface area contributed by atoms with Crippen molar-refractivity contribution in [1.82, 2.24) is 4.98 Å². The minimum Gasteiger partial charge on any atom is -0.381 e. The molecular weight excluding hydrogens is 274 g/mol. The van der Waals surface area contributed by atoms with Gasteiger partial charge in [0.05, 0.1) is 0 Å². The lowest BCUT2D eigenvalue weighted by molar-refractivity contribution is 0.1000. The molecule has 0 unspecified atom stereocenters. The van der Waals surface area contributed by atoms with Crippen molar-refractivity contribution >= 4 is 27.7 Å². The second kappa shape index (κ2) is 5.87. The molecule has 82 valence electrons. The van der Waals surface area contributed by atoms with E-state index >= 15 is 0 Å². The summed E-state index contributed by atoms with van der Waals surface area (Å²) in [5.41, 5.74) is 1.29. The Hall–Kier alpha value is -0.0600. The number of nitrogens with zero attached hydrogens (tertiary/aromatic N) is 1. The van der Waals surface area contributed by atoms with Crippen molar-refractivity contribution < 1.29 is 4.74 Å². The Kier molecular flexibility index (Phi) is 4.47. The topological polar surface area (TPSA) is 22.1 Å². The molecule has 4 heteroatoms. The van der Waals surface area contributed by atoms with Crippen molar-refractivity contribution in [1.29, 1.82) is 0 Å². The summed E-state index contributed by atoms with van der Waals surface area (Å²) >= 11 is 5.45. The van der Waals surface area contributed by atoms with Crippen molar-refractivity contribution in [2.24, 2.45) is 0 Å². The standard InChI is InChI=1S/C11H14BrNOS/c12-10-5-9(6-13-7-10)8-15-11-1-3-14-4-2-11/h5-7,11H,1-4,8H2. The van der Waals surface area contributed by atoms with E-state index in [4.69, 9.17) is 4.74 Å². The zero-order chi connectivity index (χ0) is 10.5. The van der Waals surface area contributed by atoms with Crippen LogP contribution in [0.1, 0.15) is 18.4 Å². The fraction of sp³-hybridized carbons (Fsp3) is 0.545. The van der Waals surface area contributed by atoms with Gasteiger partial charge in [0.15, 0.2) is 0 Å². The third-order valence-corrected chi connectivity index (χ3v) is 4.29. The van der Waals surface area contributed by atoms with Gasteiger partial charge in [-0.15, -0.1) is 0 Å². The van der Waals surface area contributed by atoms with Crippen LogP contribution in [0.4, 0.5) is 0 Å². The molecular formula is C11H14BrNOS. The van der Waals surface area contributed by atoms with Crippen molar-refractivity contribution in [3.63, 3.8) is 0 Å². The molecule has 0 saturated carbocycles. The number of halogens is 1. The molecule has 0 atom stereocenters. The first-order chi connectivity index (χ1) is 7.34. The molecule has 0 spiro atoms. The van der Waals surface area contributed by atoms with E-state index in [1.54, 1.807) is 0 Å². The van der Waals surface area contributed by atoms with Crippen LogP contribution in [0, 0.1) is 0 Å². The van der Waals surface area contributed by atoms with Gasteiger partial charge < -0.3 is 4.74 Å². The Labute approximate surface area is 103 Å². The Morgan fingerprint density at radius 3 is 2.93 bits per heavy atom. The van der Waals surface area contributed by atoms with Gasteiger partial charge in [-0.3, -0.25) is 4.98 Å². The molecule has 0 aliphatic carbocycles. The van der Waals surface area contributed by atoms with E-state index in [0.29, 0.717) is 0 Å². The highest BCUT2D eigenvalue weighted by Crippen LogP contribution is 2.25. The SMILES string of the molecule is Brc1cncc(CSC2CCOCC2)c1. The predicted molar refractivity (Wildman–Crippen MR) is 67.1 cm³/mol. The molecule has 1 aromatic heterocycles. The molecule has 0 amide bonds. The highest BCUT2D eigenvalue weighted by molar-refractivity contribution is 9.10. The van der Waals surface area contributed by atoms with Gasteiger partial charge in [-0.2, -0.15) is 11.8 Å². The van der Waals surface area contributed by atoms with Gasteiger partial charge in [-0.05, 0) is 40.4 Å². The maximum Gasteiger partial charge on any atom is 0.0476 e. The summed E-state index contributed by atoms with van der Waals surface area (Å²) in [7, 11) is 0. The quantitative estimate of drug-likeness (QED) is 0.852. The van der Waals surface area contributed by atoms with Crippen molar-refractivity contribution in [3.8, 4) is 0 Å². The Morgan fingerprint density at radius 1 is 1.40 bits per heavy atom. The summed E-state index contributed by atoms with van der Waals surface area (Å²) in [6, 6.07) is 2.14. The summed E-state index contributed by atoms with van der Waals surface area (Å²) in [5, 5.41) is 0.762. The first-order valence-electron chi connectivity index (χ1n) is 5.13. The number of thioether (sulfide) groups is 1. The summed E-state index contributed by atoms with van der Waals surface area (Å²) in [5.74, 6) is 1.05. The molecule has 2 rings (SSSR count). The van der Waals surface area contributed by atoms with Gasteiger partial charge in [0.25, 0.3) is 0 Å². The summed E-state index contributed by atoms with van der Waals surface area (Å²) in [4.78, 5) is 4.16. The van der Waals surface area contributed by atoms with Crippen LogP contribution in [0.2, 0.25) is 0 Å². The Bertz CT molecular complexity index is 315. The zero-order valence-electron chi connectivity index (χ0n) is 8.49. The number of rotatable bonds is 3. The number of aromatic nitrogens is 1. The van der Waals surface area contributed by atoms with Gasteiger partial charge in [0.2, 0.25) is 0 Å². The van der Waals surface area contributed by atoms with E-state index in [1.807, 2.05) is 24.2 Å². The normalized spacial score (nSPS) is 17.9. The lowest BCUT2D eigenvalue weighted by atomic mass is 10.2. The van der Waals surface area contributed by atoms with E-state index < -0.39 is 0 Å². The maximum absolute atomic E-state index is 5.34.